The predicted molar refractivity (Wildman–Crippen MR) is 72.7 cm³/mol. The third-order valence-electron chi connectivity index (χ3n) is 2.60. The zero-order chi connectivity index (χ0) is 13.1. The Morgan fingerprint density at radius 1 is 1.29 bits per heavy atom. The summed E-state index contributed by atoms with van der Waals surface area (Å²) in [5, 5.41) is 9.44. The lowest BCUT2D eigenvalue weighted by atomic mass is 9.82. The molecule has 0 heterocycles. The SMILES string of the molecule is CC(C)Sc1ccc(C(C)(C)CC(=O)O)cc1. The Balaban J connectivity index is 2.82. The fourth-order valence-corrected chi connectivity index (χ4v) is 2.57. The third-order valence-corrected chi connectivity index (χ3v) is 3.62. The van der Waals surface area contributed by atoms with Gasteiger partial charge in [0.15, 0.2) is 0 Å². The maximum absolute atomic E-state index is 10.8. The molecule has 0 atom stereocenters. The normalized spacial score (nSPS) is 11.8. The van der Waals surface area contributed by atoms with Gasteiger partial charge in [0.1, 0.15) is 0 Å². The van der Waals surface area contributed by atoms with Crippen molar-refractivity contribution in [1.29, 1.82) is 0 Å². The van der Waals surface area contributed by atoms with Gasteiger partial charge in [-0.25, -0.2) is 0 Å². The van der Waals surface area contributed by atoms with Crippen LogP contribution in [0.15, 0.2) is 29.2 Å². The summed E-state index contributed by atoms with van der Waals surface area (Å²) in [4.78, 5) is 12.0. The first-order valence-corrected chi connectivity index (χ1v) is 6.68. The first-order chi connectivity index (χ1) is 7.81. The largest absolute Gasteiger partial charge is 0.481 e. The van der Waals surface area contributed by atoms with Gasteiger partial charge in [-0.05, 0) is 17.7 Å². The van der Waals surface area contributed by atoms with Crippen molar-refractivity contribution >= 4 is 17.7 Å². The molecule has 0 aliphatic carbocycles. The molecule has 17 heavy (non-hydrogen) atoms. The molecule has 0 aromatic heterocycles. The molecule has 0 unspecified atom stereocenters. The van der Waals surface area contributed by atoms with Crippen LogP contribution in [0, 0.1) is 0 Å². The number of aliphatic carboxylic acids is 1. The van der Waals surface area contributed by atoms with Crippen LogP contribution >= 0.6 is 11.8 Å². The van der Waals surface area contributed by atoms with E-state index in [4.69, 9.17) is 5.11 Å². The van der Waals surface area contributed by atoms with Crippen LogP contribution in [0.3, 0.4) is 0 Å². The van der Waals surface area contributed by atoms with Crippen LogP contribution in [0.25, 0.3) is 0 Å². The van der Waals surface area contributed by atoms with E-state index in [1.165, 1.54) is 4.90 Å². The number of carboxylic acid groups (broad SMARTS) is 1. The van der Waals surface area contributed by atoms with Crippen molar-refractivity contribution in [3.8, 4) is 0 Å². The van der Waals surface area contributed by atoms with Crippen LogP contribution < -0.4 is 0 Å². The molecule has 0 aliphatic heterocycles. The standard InChI is InChI=1S/C14H20O2S/c1-10(2)17-12-7-5-11(6-8-12)14(3,4)9-13(15)16/h5-8,10H,9H2,1-4H3,(H,15,16). The average molecular weight is 252 g/mol. The van der Waals surface area contributed by atoms with Gasteiger partial charge in [0, 0.05) is 15.6 Å². The van der Waals surface area contributed by atoms with Crippen LogP contribution in [0.4, 0.5) is 0 Å². The Morgan fingerprint density at radius 3 is 2.24 bits per heavy atom. The van der Waals surface area contributed by atoms with E-state index in [0.29, 0.717) is 5.25 Å². The van der Waals surface area contributed by atoms with E-state index >= 15 is 0 Å². The molecule has 0 saturated carbocycles. The van der Waals surface area contributed by atoms with Gasteiger partial charge < -0.3 is 5.11 Å². The molecule has 2 nitrogen and oxygen atoms in total. The zero-order valence-corrected chi connectivity index (χ0v) is 11.7. The number of thioether (sulfide) groups is 1. The molecule has 0 spiro atoms. The second kappa shape index (κ2) is 5.58. The molecule has 1 aromatic carbocycles. The second-order valence-electron chi connectivity index (χ2n) is 5.15. The molecule has 94 valence electrons. The monoisotopic (exact) mass is 252 g/mol. The summed E-state index contributed by atoms with van der Waals surface area (Å²) in [6, 6.07) is 8.22. The summed E-state index contributed by atoms with van der Waals surface area (Å²) < 4.78 is 0. The van der Waals surface area contributed by atoms with Gasteiger partial charge >= 0.3 is 5.97 Å². The van der Waals surface area contributed by atoms with Crippen LogP contribution in [0.2, 0.25) is 0 Å². The van der Waals surface area contributed by atoms with Crippen molar-refractivity contribution in [2.24, 2.45) is 0 Å². The highest BCUT2D eigenvalue weighted by Gasteiger charge is 2.23. The Bertz CT molecular complexity index is 380. The van der Waals surface area contributed by atoms with Gasteiger partial charge in [-0.15, -0.1) is 11.8 Å². The van der Waals surface area contributed by atoms with Crippen molar-refractivity contribution in [2.45, 2.75) is 49.7 Å². The van der Waals surface area contributed by atoms with Gasteiger partial charge in [0.2, 0.25) is 0 Å². The number of rotatable bonds is 5. The van der Waals surface area contributed by atoms with Gasteiger partial charge in [-0.1, -0.05) is 39.8 Å². The molecule has 0 radical (unpaired) electrons. The van der Waals surface area contributed by atoms with Crippen molar-refractivity contribution in [3.63, 3.8) is 0 Å². The smallest absolute Gasteiger partial charge is 0.304 e. The molecule has 1 aromatic rings. The molecule has 0 aliphatic rings. The number of hydrogen-bond donors (Lipinski definition) is 1. The molecule has 0 saturated heterocycles. The van der Waals surface area contributed by atoms with Gasteiger partial charge in [-0.3, -0.25) is 4.79 Å². The number of carboxylic acids is 1. The highest BCUT2D eigenvalue weighted by molar-refractivity contribution is 7.99. The lowest BCUT2D eigenvalue weighted by Crippen LogP contribution is -2.21. The summed E-state index contributed by atoms with van der Waals surface area (Å²) in [7, 11) is 0. The molecule has 1 rings (SSSR count). The molecular formula is C14H20O2S. The summed E-state index contributed by atoms with van der Waals surface area (Å²) in [5.41, 5.74) is 0.764. The third kappa shape index (κ3) is 4.43. The number of benzene rings is 1. The second-order valence-corrected chi connectivity index (χ2v) is 6.80. The summed E-state index contributed by atoms with van der Waals surface area (Å²) in [6.45, 7) is 8.25. The van der Waals surface area contributed by atoms with E-state index in [1.807, 2.05) is 37.7 Å². The lowest BCUT2D eigenvalue weighted by molar-refractivity contribution is -0.138. The minimum Gasteiger partial charge on any atom is -0.481 e. The average Bonchev–Trinajstić information content (AvgIpc) is 2.15. The molecule has 0 fully saturated rings. The fraction of sp³-hybridized carbons (Fsp3) is 0.500. The Labute approximate surface area is 107 Å². The topological polar surface area (TPSA) is 37.3 Å². The molecule has 0 amide bonds. The number of hydrogen-bond acceptors (Lipinski definition) is 2. The maximum atomic E-state index is 10.8. The highest BCUT2D eigenvalue weighted by Crippen LogP contribution is 2.30. The lowest BCUT2D eigenvalue weighted by Gasteiger charge is -2.23. The number of carbonyl (C=O) groups is 1. The van der Waals surface area contributed by atoms with Crippen LogP contribution in [0.1, 0.15) is 39.7 Å². The van der Waals surface area contributed by atoms with E-state index in [2.05, 4.69) is 26.0 Å². The first-order valence-electron chi connectivity index (χ1n) is 5.80. The van der Waals surface area contributed by atoms with Crippen molar-refractivity contribution < 1.29 is 9.90 Å². The van der Waals surface area contributed by atoms with Crippen molar-refractivity contribution in [2.75, 3.05) is 0 Å². The summed E-state index contributed by atoms with van der Waals surface area (Å²) in [5.74, 6) is -0.754. The molecule has 3 heteroatoms. The van der Waals surface area contributed by atoms with E-state index < -0.39 is 5.97 Å². The van der Waals surface area contributed by atoms with Crippen LogP contribution in [-0.2, 0) is 10.2 Å². The minimum absolute atomic E-state index is 0.156. The van der Waals surface area contributed by atoms with E-state index in [9.17, 15) is 4.79 Å². The Morgan fingerprint density at radius 2 is 1.82 bits per heavy atom. The van der Waals surface area contributed by atoms with Gasteiger partial charge in [-0.2, -0.15) is 0 Å². The Kier molecular flexibility index (Phi) is 4.63. The molecule has 1 N–H and O–H groups in total. The fourth-order valence-electron chi connectivity index (χ4n) is 1.74. The Hall–Kier alpha value is -0.960. The quantitative estimate of drug-likeness (QED) is 0.806. The molecular weight excluding hydrogens is 232 g/mol. The zero-order valence-electron chi connectivity index (χ0n) is 10.9. The van der Waals surface area contributed by atoms with Gasteiger partial charge in [0.25, 0.3) is 0 Å². The predicted octanol–water partition coefficient (Wildman–Crippen LogP) is 3.94. The molecule has 0 bridgehead atoms. The first kappa shape index (κ1) is 14.1. The maximum Gasteiger partial charge on any atom is 0.304 e. The van der Waals surface area contributed by atoms with E-state index in [-0.39, 0.29) is 11.8 Å². The van der Waals surface area contributed by atoms with Gasteiger partial charge in [0.05, 0.1) is 6.42 Å². The van der Waals surface area contributed by atoms with Crippen LogP contribution in [0.5, 0.6) is 0 Å². The van der Waals surface area contributed by atoms with E-state index in [0.717, 1.165) is 5.56 Å². The van der Waals surface area contributed by atoms with Crippen molar-refractivity contribution in [1.82, 2.24) is 0 Å². The summed E-state index contributed by atoms with van der Waals surface area (Å²) in [6.07, 6.45) is 0.156. The highest BCUT2D eigenvalue weighted by atomic mass is 32.2. The van der Waals surface area contributed by atoms with E-state index in [1.54, 1.807) is 0 Å². The summed E-state index contributed by atoms with van der Waals surface area (Å²) >= 11 is 1.82. The van der Waals surface area contributed by atoms with Crippen molar-refractivity contribution in [3.05, 3.63) is 29.8 Å². The van der Waals surface area contributed by atoms with Crippen LogP contribution in [-0.4, -0.2) is 16.3 Å². The minimum atomic E-state index is -0.754.